The van der Waals surface area contributed by atoms with Gasteiger partial charge in [0.2, 0.25) is 0 Å². The zero-order valence-corrected chi connectivity index (χ0v) is 28.6. The maximum absolute atomic E-state index is 11.3. The van der Waals surface area contributed by atoms with E-state index in [0.29, 0.717) is 11.1 Å². The fourth-order valence-electron chi connectivity index (χ4n) is 3.59. The van der Waals surface area contributed by atoms with Crippen molar-refractivity contribution in [3.63, 3.8) is 0 Å². The molecule has 0 radical (unpaired) electrons. The minimum absolute atomic E-state index is 0. The van der Waals surface area contributed by atoms with Gasteiger partial charge in [-0.3, -0.25) is 0 Å². The zero-order valence-electron chi connectivity index (χ0n) is 21.4. The minimum Gasteiger partial charge on any atom is -0.744 e. The predicted octanol–water partition coefficient (Wildman–Crippen LogP) is 0.817. The molecular weight excluding hydrogens is 613 g/mol. The number of halogens is 2. The summed E-state index contributed by atoms with van der Waals surface area (Å²) in [6, 6.07) is 23.9. The van der Waals surface area contributed by atoms with E-state index in [2.05, 4.69) is 0 Å². The molecule has 0 bridgehead atoms. The van der Waals surface area contributed by atoms with Gasteiger partial charge in [0.25, 0.3) is 0 Å². The zero-order chi connectivity index (χ0) is 27.5. The summed E-state index contributed by atoms with van der Waals surface area (Å²) in [7, 11) is -9.33. The molecule has 0 unspecified atom stereocenters. The number of rotatable bonds is 7. The quantitative estimate of drug-likeness (QED) is 0.170. The van der Waals surface area contributed by atoms with Crippen LogP contribution in [0.1, 0.15) is 22.3 Å². The van der Waals surface area contributed by atoms with E-state index in [-0.39, 0.29) is 69.2 Å². The Morgan fingerprint density at radius 1 is 0.475 bits per heavy atom. The van der Waals surface area contributed by atoms with Crippen LogP contribution >= 0.6 is 23.2 Å². The first kappa shape index (κ1) is 35.0. The molecule has 0 aliphatic carbocycles. The minimum atomic E-state index is -4.66. The largest absolute Gasteiger partial charge is 1.00 e. The molecule has 0 amide bonds. The maximum Gasteiger partial charge on any atom is 1.00 e. The fraction of sp³-hybridized carbons (Fsp3) is 0. The molecule has 0 spiro atoms. The molecule has 0 fully saturated rings. The van der Waals surface area contributed by atoms with E-state index in [1.54, 1.807) is 36.4 Å². The molecule has 194 valence electrons. The third-order valence-corrected chi connectivity index (χ3v) is 8.18. The van der Waals surface area contributed by atoms with Crippen molar-refractivity contribution in [1.82, 2.24) is 0 Å². The van der Waals surface area contributed by atoms with E-state index < -0.39 is 30.0 Å². The van der Waals surface area contributed by atoms with Crippen molar-refractivity contribution < 1.29 is 85.1 Å². The summed E-state index contributed by atoms with van der Waals surface area (Å²) in [6.45, 7) is 0. The smallest absolute Gasteiger partial charge is 0.744 e. The second kappa shape index (κ2) is 14.8. The number of benzene rings is 4. The van der Waals surface area contributed by atoms with Gasteiger partial charge in [0.1, 0.15) is 20.2 Å². The van der Waals surface area contributed by atoms with Crippen LogP contribution in [0, 0.1) is 0 Å². The van der Waals surface area contributed by atoms with Crippen LogP contribution < -0.4 is 59.1 Å². The molecule has 4 rings (SSSR count). The molecule has 4 aromatic rings. The van der Waals surface area contributed by atoms with Crippen LogP contribution in [0.5, 0.6) is 0 Å². The molecule has 0 saturated carbocycles. The monoisotopic (exact) mass is 630 g/mol. The van der Waals surface area contributed by atoms with Gasteiger partial charge in [0, 0.05) is 0 Å². The second-order valence-electron chi connectivity index (χ2n) is 8.20. The summed E-state index contributed by atoms with van der Waals surface area (Å²) >= 11 is 11.6. The number of hydrogen-bond donors (Lipinski definition) is 0. The Bertz CT molecular complexity index is 1640. The van der Waals surface area contributed by atoms with Crippen LogP contribution in [0.3, 0.4) is 0 Å². The molecule has 4 aromatic carbocycles. The molecule has 0 aliphatic rings. The van der Waals surface area contributed by atoms with Gasteiger partial charge < -0.3 is 9.11 Å². The Balaban J connectivity index is 0.00000280. The van der Waals surface area contributed by atoms with Crippen LogP contribution in [0.25, 0.3) is 35.4 Å². The third-order valence-electron chi connectivity index (χ3n) is 5.54. The van der Waals surface area contributed by atoms with E-state index in [0.717, 1.165) is 22.3 Å². The summed E-state index contributed by atoms with van der Waals surface area (Å²) in [4.78, 5) is -0.911. The molecule has 0 aromatic heterocycles. The summed E-state index contributed by atoms with van der Waals surface area (Å²) in [6.07, 6.45) is 6.97. The summed E-state index contributed by atoms with van der Waals surface area (Å²) in [5.74, 6) is 0. The van der Waals surface area contributed by atoms with Gasteiger partial charge >= 0.3 is 59.1 Å². The van der Waals surface area contributed by atoms with Gasteiger partial charge in [-0.2, -0.15) is 0 Å². The molecule has 0 atom stereocenters. The SMILES string of the molecule is O=S(=O)([O-])c1cc(/C=C/c2ccc(-c3ccc(/C=C/c4ccc(Cl)c(S(=O)(=O)[O-])c4)cc3)cc2)ccc1Cl.[Na+].[Na+]. The molecule has 6 nitrogen and oxygen atoms in total. The van der Waals surface area contributed by atoms with E-state index in [1.807, 2.05) is 48.5 Å². The summed E-state index contributed by atoms with van der Waals surface area (Å²) in [5, 5.41) is -0.228. The molecule has 0 saturated heterocycles. The van der Waals surface area contributed by atoms with Gasteiger partial charge in [-0.1, -0.05) is 108 Å². The van der Waals surface area contributed by atoms with E-state index in [1.165, 1.54) is 24.3 Å². The first-order valence-corrected chi connectivity index (χ1v) is 14.5. The van der Waals surface area contributed by atoms with Crippen molar-refractivity contribution in [2.45, 2.75) is 9.79 Å². The van der Waals surface area contributed by atoms with Gasteiger partial charge in [-0.25, -0.2) is 16.8 Å². The molecule has 40 heavy (non-hydrogen) atoms. The summed E-state index contributed by atoms with van der Waals surface area (Å²) in [5.41, 5.74) is 4.76. The molecule has 0 heterocycles. The number of hydrogen-bond acceptors (Lipinski definition) is 6. The van der Waals surface area contributed by atoms with E-state index >= 15 is 0 Å². The van der Waals surface area contributed by atoms with Crippen LogP contribution in [0.4, 0.5) is 0 Å². The Morgan fingerprint density at radius 2 is 0.750 bits per heavy atom. The van der Waals surface area contributed by atoms with Gasteiger partial charge in [0.05, 0.1) is 19.8 Å². The Morgan fingerprint density at radius 3 is 1.05 bits per heavy atom. The molecule has 12 heteroatoms. The first-order valence-electron chi connectivity index (χ1n) is 11.0. The van der Waals surface area contributed by atoms with Gasteiger partial charge in [0.15, 0.2) is 0 Å². The Kier molecular flexibility index (Phi) is 12.9. The first-order chi connectivity index (χ1) is 17.9. The Hall–Kier alpha value is -1.24. The van der Waals surface area contributed by atoms with E-state index in [9.17, 15) is 25.9 Å². The third kappa shape index (κ3) is 9.39. The van der Waals surface area contributed by atoms with Crippen molar-refractivity contribution in [2.24, 2.45) is 0 Å². The van der Waals surface area contributed by atoms with Crippen LogP contribution in [-0.4, -0.2) is 25.9 Å². The average Bonchev–Trinajstić information content (AvgIpc) is 2.87. The maximum atomic E-state index is 11.3. The second-order valence-corrected chi connectivity index (χ2v) is 11.7. The molecule has 0 N–H and O–H groups in total. The van der Waals surface area contributed by atoms with E-state index in [4.69, 9.17) is 23.2 Å². The Labute approximate surface area is 287 Å². The van der Waals surface area contributed by atoms with Crippen LogP contribution in [0.2, 0.25) is 10.0 Å². The van der Waals surface area contributed by atoms with Crippen LogP contribution in [-0.2, 0) is 20.2 Å². The topological polar surface area (TPSA) is 114 Å². The van der Waals surface area contributed by atoms with Crippen molar-refractivity contribution >= 4 is 67.7 Å². The van der Waals surface area contributed by atoms with Gasteiger partial charge in [-0.15, -0.1) is 0 Å². The average molecular weight is 631 g/mol. The molecular formula is C28H18Cl2Na2O6S2. The predicted molar refractivity (Wildman–Crippen MR) is 149 cm³/mol. The van der Waals surface area contributed by atoms with Crippen LogP contribution in [0.15, 0.2) is 94.7 Å². The molecule has 0 aliphatic heterocycles. The van der Waals surface area contributed by atoms with Crippen molar-refractivity contribution in [3.8, 4) is 11.1 Å². The van der Waals surface area contributed by atoms with Crippen molar-refractivity contribution in [3.05, 3.63) is 117 Å². The van der Waals surface area contributed by atoms with Crippen molar-refractivity contribution in [2.75, 3.05) is 0 Å². The fourth-order valence-corrected chi connectivity index (χ4v) is 5.57. The summed E-state index contributed by atoms with van der Waals surface area (Å²) < 4.78 is 68.0. The van der Waals surface area contributed by atoms with Crippen molar-refractivity contribution in [1.29, 1.82) is 0 Å². The van der Waals surface area contributed by atoms with Gasteiger partial charge in [-0.05, 0) is 57.6 Å². The normalized spacial score (nSPS) is 11.8. The standard InChI is InChI=1S/C28H20Cl2O6S2.2Na/c29-25-15-9-21(17-27(25)37(31,32)33)3-1-19-5-11-23(12-6-19)24-13-7-20(8-14-24)2-4-22-10-16-26(30)28(18-22)38(34,35)36;;/h1-18H,(H,31,32,33)(H,34,35,36);;/q;2*+1/p-2/b3-1+,4-2+;;.